The van der Waals surface area contributed by atoms with Crippen LogP contribution in [0.25, 0.3) is 0 Å². The van der Waals surface area contributed by atoms with Gasteiger partial charge in [0.1, 0.15) is 5.82 Å². The zero-order valence-corrected chi connectivity index (χ0v) is 13.8. The van der Waals surface area contributed by atoms with Crippen molar-refractivity contribution in [3.63, 3.8) is 0 Å². The highest BCUT2D eigenvalue weighted by Crippen LogP contribution is 2.20. The van der Waals surface area contributed by atoms with Crippen LogP contribution in [0.3, 0.4) is 0 Å². The quantitative estimate of drug-likeness (QED) is 0.892. The summed E-state index contributed by atoms with van der Waals surface area (Å²) >= 11 is 1.59. The Balaban J connectivity index is 2.05. The fraction of sp³-hybridized carbons (Fsp3) is 0.533. The monoisotopic (exact) mass is 306 g/mol. The first-order valence-corrected chi connectivity index (χ1v) is 8.02. The number of hydrogen-bond donors (Lipinski definition) is 1. The molecule has 21 heavy (non-hydrogen) atoms. The topological polar surface area (TPSA) is 59.8 Å². The first-order chi connectivity index (χ1) is 10.0. The van der Waals surface area contributed by atoms with Crippen LogP contribution in [0.1, 0.15) is 47.2 Å². The molecule has 0 bridgehead atoms. The number of aromatic nitrogens is 3. The third kappa shape index (κ3) is 3.91. The summed E-state index contributed by atoms with van der Waals surface area (Å²) in [7, 11) is 1.95. The fourth-order valence-electron chi connectivity index (χ4n) is 2.40. The molecule has 1 atom stereocenters. The number of aryl methyl sites for hydroxylation is 3. The normalized spacial score (nSPS) is 12.4. The molecule has 2 heterocycles. The lowest BCUT2D eigenvalue weighted by Crippen LogP contribution is -2.31. The maximum atomic E-state index is 12.3. The molecular formula is C15H22N4OS. The maximum Gasteiger partial charge on any atom is 0.225 e. The summed E-state index contributed by atoms with van der Waals surface area (Å²) in [6.07, 6.45) is 5.94. The summed E-state index contributed by atoms with van der Waals surface area (Å²) in [5.74, 6) is 0.936. The Kier molecular flexibility index (Phi) is 5.12. The number of imidazole rings is 1. The Morgan fingerprint density at radius 2 is 2.24 bits per heavy atom. The van der Waals surface area contributed by atoms with Gasteiger partial charge in [-0.15, -0.1) is 11.3 Å². The molecular weight excluding hydrogens is 284 g/mol. The van der Waals surface area contributed by atoms with E-state index in [1.54, 1.807) is 17.5 Å². The summed E-state index contributed by atoms with van der Waals surface area (Å²) in [6, 6.07) is -0.0307. The molecule has 0 saturated carbocycles. The van der Waals surface area contributed by atoms with Crippen LogP contribution in [0.5, 0.6) is 0 Å². The summed E-state index contributed by atoms with van der Waals surface area (Å²) in [4.78, 5) is 22.1. The van der Waals surface area contributed by atoms with Gasteiger partial charge in [0.05, 0.1) is 23.2 Å². The molecule has 0 saturated heterocycles. The van der Waals surface area contributed by atoms with E-state index in [9.17, 15) is 4.79 Å². The van der Waals surface area contributed by atoms with E-state index in [0.29, 0.717) is 6.42 Å². The first-order valence-electron chi connectivity index (χ1n) is 7.20. The van der Waals surface area contributed by atoms with Gasteiger partial charge >= 0.3 is 0 Å². The van der Waals surface area contributed by atoms with Crippen LogP contribution in [-0.2, 0) is 18.3 Å². The molecule has 0 aromatic carbocycles. The van der Waals surface area contributed by atoms with Gasteiger partial charge in [0.25, 0.3) is 0 Å². The predicted molar refractivity (Wildman–Crippen MR) is 84.3 cm³/mol. The third-order valence-electron chi connectivity index (χ3n) is 3.40. The van der Waals surface area contributed by atoms with Gasteiger partial charge in [0.2, 0.25) is 5.91 Å². The second-order valence-corrected chi connectivity index (χ2v) is 6.51. The lowest BCUT2D eigenvalue weighted by molar-refractivity contribution is -0.121. The van der Waals surface area contributed by atoms with Gasteiger partial charge in [0.15, 0.2) is 0 Å². The molecule has 6 heteroatoms. The Bertz CT molecular complexity index is 617. The zero-order chi connectivity index (χ0) is 15.4. The van der Waals surface area contributed by atoms with Crippen molar-refractivity contribution in [2.45, 2.75) is 46.1 Å². The lowest BCUT2D eigenvalue weighted by atomic mass is 10.1. The average molecular weight is 306 g/mol. The van der Waals surface area contributed by atoms with Gasteiger partial charge in [-0.1, -0.05) is 13.3 Å². The second-order valence-electron chi connectivity index (χ2n) is 5.22. The van der Waals surface area contributed by atoms with Crippen LogP contribution in [-0.4, -0.2) is 20.4 Å². The standard InChI is InChI=1S/C15H22N4OS/c1-5-6-12(15-16-7-8-19(15)4)18-14(20)9-13-10(2)17-11(3)21-13/h7-8,12H,5-6,9H2,1-4H3,(H,18,20)/t12-/m0/s1. The molecule has 0 unspecified atom stereocenters. The number of carbonyl (C=O) groups is 1. The number of nitrogens with zero attached hydrogens (tertiary/aromatic N) is 3. The minimum absolute atomic E-state index is 0.0307. The van der Waals surface area contributed by atoms with Gasteiger partial charge < -0.3 is 9.88 Å². The van der Waals surface area contributed by atoms with E-state index in [1.807, 2.05) is 31.7 Å². The van der Waals surface area contributed by atoms with Gasteiger partial charge in [-0.05, 0) is 20.3 Å². The van der Waals surface area contributed by atoms with E-state index in [-0.39, 0.29) is 11.9 Å². The zero-order valence-electron chi connectivity index (χ0n) is 13.0. The Hall–Kier alpha value is -1.69. The first kappa shape index (κ1) is 15.7. The summed E-state index contributed by atoms with van der Waals surface area (Å²) in [5, 5.41) is 4.11. The smallest absolute Gasteiger partial charge is 0.225 e. The average Bonchev–Trinajstić information content (AvgIpc) is 2.95. The third-order valence-corrected chi connectivity index (χ3v) is 4.48. The summed E-state index contributed by atoms with van der Waals surface area (Å²) in [6.45, 7) is 6.03. The van der Waals surface area contributed by atoms with Crippen LogP contribution >= 0.6 is 11.3 Å². The van der Waals surface area contributed by atoms with Crippen molar-refractivity contribution in [1.82, 2.24) is 19.9 Å². The van der Waals surface area contributed by atoms with Crippen LogP contribution in [0.2, 0.25) is 0 Å². The molecule has 2 aromatic heterocycles. The van der Waals surface area contributed by atoms with Crippen molar-refractivity contribution in [3.05, 3.63) is 33.8 Å². The van der Waals surface area contributed by atoms with Crippen molar-refractivity contribution >= 4 is 17.2 Å². The number of rotatable bonds is 6. The van der Waals surface area contributed by atoms with E-state index >= 15 is 0 Å². The maximum absolute atomic E-state index is 12.3. The van der Waals surface area contributed by atoms with Gasteiger partial charge in [0, 0.05) is 24.3 Å². The summed E-state index contributed by atoms with van der Waals surface area (Å²) < 4.78 is 1.96. The van der Waals surface area contributed by atoms with Gasteiger partial charge in [-0.2, -0.15) is 0 Å². The predicted octanol–water partition coefficient (Wildman–Crippen LogP) is 2.69. The SMILES string of the molecule is CCC[C@H](NC(=O)Cc1sc(C)nc1C)c1nccn1C. The minimum Gasteiger partial charge on any atom is -0.346 e. The highest BCUT2D eigenvalue weighted by Gasteiger charge is 2.19. The van der Waals surface area contributed by atoms with Crippen molar-refractivity contribution in [2.24, 2.45) is 7.05 Å². The minimum atomic E-state index is -0.0307. The van der Waals surface area contributed by atoms with Crippen LogP contribution < -0.4 is 5.32 Å². The highest BCUT2D eigenvalue weighted by molar-refractivity contribution is 7.11. The fourth-order valence-corrected chi connectivity index (χ4v) is 3.33. The number of amides is 1. The van der Waals surface area contributed by atoms with Crippen LogP contribution in [0.4, 0.5) is 0 Å². The lowest BCUT2D eigenvalue weighted by Gasteiger charge is -2.17. The summed E-state index contributed by atoms with van der Waals surface area (Å²) in [5.41, 5.74) is 0.955. The van der Waals surface area contributed by atoms with E-state index in [1.165, 1.54) is 0 Å². The number of hydrogen-bond acceptors (Lipinski definition) is 4. The second kappa shape index (κ2) is 6.85. The van der Waals surface area contributed by atoms with E-state index in [4.69, 9.17) is 0 Å². The molecule has 0 fully saturated rings. The largest absolute Gasteiger partial charge is 0.346 e. The Morgan fingerprint density at radius 3 is 2.76 bits per heavy atom. The van der Waals surface area contributed by atoms with Crippen molar-refractivity contribution < 1.29 is 4.79 Å². The van der Waals surface area contributed by atoms with E-state index in [2.05, 4.69) is 22.2 Å². The molecule has 2 rings (SSSR count). The number of thiazole rings is 1. The van der Waals surface area contributed by atoms with E-state index < -0.39 is 0 Å². The Labute approximate surface area is 129 Å². The van der Waals surface area contributed by atoms with Crippen molar-refractivity contribution in [1.29, 1.82) is 0 Å². The Morgan fingerprint density at radius 1 is 1.48 bits per heavy atom. The molecule has 0 aliphatic heterocycles. The highest BCUT2D eigenvalue weighted by atomic mass is 32.1. The molecule has 5 nitrogen and oxygen atoms in total. The molecule has 1 N–H and O–H groups in total. The molecule has 0 spiro atoms. The van der Waals surface area contributed by atoms with Gasteiger partial charge in [-0.25, -0.2) is 9.97 Å². The molecule has 0 aliphatic carbocycles. The molecule has 0 radical (unpaired) electrons. The molecule has 114 valence electrons. The molecule has 1 amide bonds. The van der Waals surface area contributed by atoms with Crippen molar-refractivity contribution in [2.75, 3.05) is 0 Å². The van der Waals surface area contributed by atoms with Crippen LogP contribution in [0, 0.1) is 13.8 Å². The molecule has 2 aromatic rings. The van der Waals surface area contributed by atoms with Crippen molar-refractivity contribution in [3.8, 4) is 0 Å². The number of nitrogens with one attached hydrogen (secondary N) is 1. The van der Waals surface area contributed by atoms with Gasteiger partial charge in [-0.3, -0.25) is 4.79 Å². The van der Waals surface area contributed by atoms with Crippen LogP contribution in [0.15, 0.2) is 12.4 Å². The molecule has 0 aliphatic rings. The number of carbonyl (C=O) groups excluding carboxylic acids is 1. The van der Waals surface area contributed by atoms with E-state index in [0.717, 1.165) is 34.2 Å².